The minimum absolute atomic E-state index is 0. The van der Waals surface area contributed by atoms with Gasteiger partial charge in [0.25, 0.3) is 0 Å². The number of nitro groups is 1. The van der Waals surface area contributed by atoms with E-state index in [2.05, 4.69) is 5.32 Å². The highest BCUT2D eigenvalue weighted by atomic mass is 79.9. The van der Waals surface area contributed by atoms with Gasteiger partial charge in [0.2, 0.25) is 11.7 Å². The van der Waals surface area contributed by atoms with Gasteiger partial charge < -0.3 is 22.7 Å². The molecule has 4 rings (SSSR count). The molecule has 3 N–H and O–H groups in total. The lowest BCUT2D eigenvalue weighted by Crippen LogP contribution is -3.00. The number of carbonyl (C=O) groups excluding carboxylic acids is 1. The number of halogens is 1. The van der Waals surface area contributed by atoms with Gasteiger partial charge in [0, 0.05) is 17.7 Å². The zero-order valence-corrected chi connectivity index (χ0v) is 14.1. The van der Waals surface area contributed by atoms with E-state index in [1.54, 1.807) is 24.3 Å². The Kier molecular flexibility index (Phi) is 3.88. The quantitative estimate of drug-likeness (QED) is 0.361. The molecular formula is C15H14BrN5O3. The molecule has 8 nitrogen and oxygen atoms in total. The third-order valence-electron chi connectivity index (χ3n) is 4.30. The number of nitrogens with two attached hydrogens (primary N) is 1. The van der Waals surface area contributed by atoms with Crippen LogP contribution in [-0.2, 0) is 0 Å². The highest BCUT2D eigenvalue weighted by Crippen LogP contribution is 2.37. The van der Waals surface area contributed by atoms with Crippen molar-refractivity contribution in [1.29, 1.82) is 0 Å². The molecule has 2 aliphatic rings. The Hall–Kier alpha value is -2.68. The molecule has 3 heterocycles. The first-order chi connectivity index (χ1) is 11.1. The number of anilines is 3. The highest BCUT2D eigenvalue weighted by molar-refractivity contribution is 5.94. The fourth-order valence-electron chi connectivity index (χ4n) is 3.28. The van der Waals surface area contributed by atoms with Gasteiger partial charge in [-0.05, 0) is 18.2 Å². The molecule has 1 unspecified atom stereocenters. The fraction of sp³-hybridized carbons (Fsp3) is 0.200. The van der Waals surface area contributed by atoms with Gasteiger partial charge in [0.05, 0.1) is 17.2 Å². The molecule has 0 saturated heterocycles. The molecule has 0 fully saturated rings. The Morgan fingerprint density at radius 2 is 2.17 bits per heavy atom. The second-order valence-corrected chi connectivity index (χ2v) is 5.61. The van der Waals surface area contributed by atoms with Crippen LogP contribution in [0, 0.1) is 10.1 Å². The monoisotopic (exact) mass is 391 g/mol. The van der Waals surface area contributed by atoms with Crippen LogP contribution in [0.1, 0.15) is 16.4 Å². The third-order valence-corrected chi connectivity index (χ3v) is 4.30. The molecule has 0 bridgehead atoms. The molecule has 2 aliphatic heterocycles. The second kappa shape index (κ2) is 5.75. The number of pyridine rings is 1. The number of hydrogen-bond donors (Lipinski definition) is 2. The predicted octanol–water partition coefficient (Wildman–Crippen LogP) is -1.90. The third kappa shape index (κ3) is 2.28. The first kappa shape index (κ1) is 16.2. The van der Waals surface area contributed by atoms with E-state index in [1.807, 2.05) is 15.5 Å². The molecule has 1 atom stereocenters. The number of carbonyl (C=O) groups is 1. The van der Waals surface area contributed by atoms with Crippen molar-refractivity contribution in [3.05, 3.63) is 52.1 Å². The summed E-state index contributed by atoms with van der Waals surface area (Å²) in [4.78, 5) is 24.2. The first-order valence-electron chi connectivity index (χ1n) is 7.20. The van der Waals surface area contributed by atoms with Gasteiger partial charge in [-0.25, -0.2) is 4.57 Å². The zero-order valence-electron chi connectivity index (χ0n) is 12.5. The van der Waals surface area contributed by atoms with Crippen LogP contribution in [0.15, 0.2) is 36.4 Å². The molecule has 0 radical (unpaired) electrons. The Morgan fingerprint density at radius 1 is 1.38 bits per heavy atom. The molecule has 24 heavy (non-hydrogen) atoms. The van der Waals surface area contributed by atoms with Gasteiger partial charge in [0.15, 0.2) is 0 Å². The van der Waals surface area contributed by atoms with Crippen molar-refractivity contribution in [2.75, 3.05) is 23.3 Å². The van der Waals surface area contributed by atoms with Crippen LogP contribution in [0.25, 0.3) is 0 Å². The van der Waals surface area contributed by atoms with E-state index < -0.39 is 5.91 Å². The maximum atomic E-state index is 11.4. The molecule has 1 aromatic heterocycles. The van der Waals surface area contributed by atoms with E-state index in [9.17, 15) is 14.9 Å². The standard InChI is InChI=1S/C15H13N5O3.BrH/c16-14(21)9-2-1-3-10(6-9)18-8-11-7-17-15-12(20(22)23)4-5-13(18)19(11)15;/h1-6,11H,7-8H2,(H2,16,21);1H. The number of nitrogens with one attached hydrogen (secondary N) is 1. The van der Waals surface area contributed by atoms with Crippen molar-refractivity contribution in [1.82, 2.24) is 0 Å². The van der Waals surface area contributed by atoms with Crippen molar-refractivity contribution >= 4 is 28.9 Å². The van der Waals surface area contributed by atoms with Crippen molar-refractivity contribution < 1.29 is 31.3 Å². The van der Waals surface area contributed by atoms with E-state index in [0.29, 0.717) is 24.5 Å². The van der Waals surface area contributed by atoms with Crippen LogP contribution in [0.4, 0.5) is 23.0 Å². The molecule has 9 heteroatoms. The Morgan fingerprint density at radius 3 is 2.88 bits per heavy atom. The van der Waals surface area contributed by atoms with Crippen LogP contribution in [0.5, 0.6) is 0 Å². The highest BCUT2D eigenvalue weighted by Gasteiger charge is 2.45. The molecule has 0 aliphatic carbocycles. The Balaban J connectivity index is 0.00000169. The van der Waals surface area contributed by atoms with Gasteiger partial charge in [-0.15, -0.1) is 0 Å². The summed E-state index contributed by atoms with van der Waals surface area (Å²) >= 11 is 0. The fourth-order valence-corrected chi connectivity index (χ4v) is 3.28. The molecule has 1 amide bonds. The van der Waals surface area contributed by atoms with Crippen LogP contribution in [-0.4, -0.2) is 23.9 Å². The van der Waals surface area contributed by atoms with Crippen molar-refractivity contribution in [2.45, 2.75) is 6.04 Å². The number of benzene rings is 1. The summed E-state index contributed by atoms with van der Waals surface area (Å²) in [5, 5.41) is 14.3. The number of hydrogen-bond acceptors (Lipinski definition) is 5. The van der Waals surface area contributed by atoms with Crippen molar-refractivity contribution in [3.63, 3.8) is 0 Å². The molecule has 124 valence electrons. The van der Waals surface area contributed by atoms with Gasteiger partial charge in [-0.2, -0.15) is 0 Å². The van der Waals surface area contributed by atoms with Crippen molar-refractivity contribution in [2.24, 2.45) is 5.73 Å². The summed E-state index contributed by atoms with van der Waals surface area (Å²) < 4.78 is 1.95. The predicted molar refractivity (Wildman–Crippen MR) is 82.8 cm³/mol. The lowest BCUT2D eigenvalue weighted by Gasteiger charge is -2.14. The Bertz CT molecular complexity index is 857. The zero-order chi connectivity index (χ0) is 16.1. The summed E-state index contributed by atoms with van der Waals surface area (Å²) in [7, 11) is 0. The van der Waals surface area contributed by atoms with Gasteiger partial charge in [0.1, 0.15) is 12.6 Å². The number of primary amides is 1. The number of nitrogens with zero attached hydrogens (tertiary/aromatic N) is 3. The van der Waals surface area contributed by atoms with E-state index in [1.165, 1.54) is 6.07 Å². The maximum Gasteiger partial charge on any atom is 0.341 e. The molecule has 2 aromatic rings. The number of aromatic nitrogens is 1. The second-order valence-electron chi connectivity index (χ2n) is 5.61. The van der Waals surface area contributed by atoms with Gasteiger partial charge in [-0.3, -0.25) is 25.1 Å². The van der Waals surface area contributed by atoms with Gasteiger partial charge >= 0.3 is 11.5 Å². The summed E-state index contributed by atoms with van der Waals surface area (Å²) in [6.07, 6.45) is 0. The lowest BCUT2D eigenvalue weighted by atomic mass is 10.1. The lowest BCUT2D eigenvalue weighted by molar-refractivity contribution is -0.672. The molecular weight excluding hydrogens is 378 g/mol. The number of rotatable bonds is 3. The normalized spacial score (nSPS) is 17.0. The van der Waals surface area contributed by atoms with E-state index in [-0.39, 0.29) is 33.6 Å². The van der Waals surface area contributed by atoms with E-state index >= 15 is 0 Å². The minimum Gasteiger partial charge on any atom is -1.00 e. The summed E-state index contributed by atoms with van der Waals surface area (Å²) in [5.41, 5.74) is 6.70. The van der Waals surface area contributed by atoms with Crippen LogP contribution in [0.3, 0.4) is 0 Å². The summed E-state index contributed by atoms with van der Waals surface area (Å²) in [6.45, 7) is 1.33. The first-order valence-corrected chi connectivity index (χ1v) is 7.20. The summed E-state index contributed by atoms with van der Waals surface area (Å²) in [6, 6.07) is 10.5. The number of amides is 1. The molecule has 1 aromatic carbocycles. The van der Waals surface area contributed by atoms with Crippen molar-refractivity contribution in [3.8, 4) is 0 Å². The maximum absolute atomic E-state index is 11.4. The minimum atomic E-state index is -0.478. The van der Waals surface area contributed by atoms with Gasteiger partial charge in [-0.1, -0.05) is 6.07 Å². The van der Waals surface area contributed by atoms with Crippen LogP contribution in [0.2, 0.25) is 0 Å². The smallest absolute Gasteiger partial charge is 0.341 e. The average molecular weight is 392 g/mol. The Labute approximate surface area is 147 Å². The van der Waals surface area contributed by atoms with Crippen LogP contribution < -0.4 is 37.5 Å². The molecule has 0 spiro atoms. The van der Waals surface area contributed by atoms with E-state index in [4.69, 9.17) is 5.73 Å². The molecule has 0 saturated carbocycles. The average Bonchev–Trinajstić information content (AvgIpc) is 3.12. The summed E-state index contributed by atoms with van der Waals surface area (Å²) in [5.74, 6) is 0.918. The van der Waals surface area contributed by atoms with Crippen LogP contribution >= 0.6 is 0 Å². The largest absolute Gasteiger partial charge is 1.00 e. The SMILES string of the molecule is NC(=O)c1cccc(N2CC3CNc4c([N+](=O)[O-])ccc2[n+]43)c1.[Br-]. The topological polar surface area (TPSA) is 105 Å². The van der Waals surface area contributed by atoms with E-state index in [0.717, 1.165) is 11.5 Å².